The summed E-state index contributed by atoms with van der Waals surface area (Å²) in [6.07, 6.45) is 1.01. The second-order valence-corrected chi connectivity index (χ2v) is 6.03. The zero-order valence-electron chi connectivity index (χ0n) is 13.7. The van der Waals surface area contributed by atoms with Gasteiger partial charge in [0.25, 0.3) is 5.91 Å². The molecular formula is C19H24ClN3O. The van der Waals surface area contributed by atoms with Crippen LogP contribution in [0.15, 0.2) is 54.6 Å². The average molecular weight is 346 g/mol. The largest absolute Gasteiger partial charge is 0.399 e. The number of benzene rings is 2. The molecule has 0 atom stereocenters. The highest BCUT2D eigenvalue weighted by Gasteiger charge is 2.20. The van der Waals surface area contributed by atoms with Crippen LogP contribution in [-0.2, 0) is 6.54 Å². The number of nitrogen functional groups attached to an aromatic ring is 1. The SMILES string of the molecule is Cl.Nc1ccc(C(=O)N2CCCN(Cc3ccccc3)CC2)cc1. The molecule has 1 aliphatic rings. The first-order valence-electron chi connectivity index (χ1n) is 8.13. The number of amides is 1. The maximum absolute atomic E-state index is 12.6. The molecular weight excluding hydrogens is 322 g/mol. The number of hydrogen-bond donors (Lipinski definition) is 1. The first-order chi connectivity index (χ1) is 11.2. The Morgan fingerprint density at radius 2 is 1.62 bits per heavy atom. The van der Waals surface area contributed by atoms with E-state index in [9.17, 15) is 4.79 Å². The van der Waals surface area contributed by atoms with Crippen LogP contribution < -0.4 is 5.73 Å². The number of carbonyl (C=O) groups excluding carboxylic acids is 1. The lowest BCUT2D eigenvalue weighted by Crippen LogP contribution is -2.35. The van der Waals surface area contributed by atoms with Crippen LogP contribution in [0, 0.1) is 0 Å². The van der Waals surface area contributed by atoms with E-state index in [2.05, 4.69) is 29.2 Å². The molecule has 0 bridgehead atoms. The lowest BCUT2D eigenvalue weighted by Gasteiger charge is -2.22. The van der Waals surface area contributed by atoms with E-state index in [1.54, 1.807) is 12.1 Å². The van der Waals surface area contributed by atoms with Gasteiger partial charge in [0, 0.05) is 44.0 Å². The topological polar surface area (TPSA) is 49.6 Å². The average Bonchev–Trinajstić information content (AvgIpc) is 2.81. The van der Waals surface area contributed by atoms with E-state index in [0.717, 1.165) is 44.7 Å². The van der Waals surface area contributed by atoms with Gasteiger partial charge < -0.3 is 10.6 Å². The van der Waals surface area contributed by atoms with E-state index < -0.39 is 0 Å². The number of rotatable bonds is 3. The standard InChI is InChI=1S/C19H23N3O.ClH/c20-18-9-7-17(8-10-18)19(23)22-12-4-11-21(13-14-22)15-16-5-2-1-3-6-16;/h1-3,5-10H,4,11-15,20H2;1H. The van der Waals surface area contributed by atoms with E-state index in [-0.39, 0.29) is 18.3 Å². The van der Waals surface area contributed by atoms with Gasteiger partial charge in [0.15, 0.2) is 0 Å². The fraction of sp³-hybridized carbons (Fsp3) is 0.316. The van der Waals surface area contributed by atoms with Crippen molar-refractivity contribution >= 4 is 24.0 Å². The summed E-state index contributed by atoms with van der Waals surface area (Å²) in [7, 11) is 0. The Morgan fingerprint density at radius 3 is 2.33 bits per heavy atom. The van der Waals surface area contributed by atoms with Gasteiger partial charge in [-0.2, -0.15) is 0 Å². The molecule has 1 amide bonds. The predicted octanol–water partition coefficient (Wildman–Crippen LogP) is 3.04. The summed E-state index contributed by atoms with van der Waals surface area (Å²) in [6, 6.07) is 17.7. The van der Waals surface area contributed by atoms with E-state index in [4.69, 9.17) is 5.73 Å². The lowest BCUT2D eigenvalue weighted by molar-refractivity contribution is 0.0761. The monoisotopic (exact) mass is 345 g/mol. The quantitative estimate of drug-likeness (QED) is 0.870. The molecule has 2 N–H and O–H groups in total. The summed E-state index contributed by atoms with van der Waals surface area (Å²) in [5, 5.41) is 0. The second kappa shape index (κ2) is 8.71. The van der Waals surface area contributed by atoms with E-state index in [1.165, 1.54) is 5.56 Å². The molecule has 0 aromatic heterocycles. The summed E-state index contributed by atoms with van der Waals surface area (Å²) in [5.74, 6) is 0.103. The molecule has 1 saturated heterocycles. The van der Waals surface area contributed by atoms with Gasteiger partial charge in [-0.25, -0.2) is 0 Å². The normalized spacial score (nSPS) is 15.4. The van der Waals surface area contributed by atoms with Gasteiger partial charge in [0.05, 0.1) is 0 Å². The molecule has 3 rings (SSSR count). The van der Waals surface area contributed by atoms with Crippen LogP contribution in [0.25, 0.3) is 0 Å². The Morgan fingerprint density at radius 1 is 0.917 bits per heavy atom. The first kappa shape index (κ1) is 18.3. The third-order valence-electron chi connectivity index (χ3n) is 4.28. The number of nitrogens with two attached hydrogens (primary N) is 1. The summed E-state index contributed by atoms with van der Waals surface area (Å²) >= 11 is 0. The van der Waals surface area contributed by atoms with Gasteiger partial charge in [-0.05, 0) is 36.2 Å². The van der Waals surface area contributed by atoms with E-state index in [0.29, 0.717) is 5.69 Å². The molecule has 24 heavy (non-hydrogen) atoms. The van der Waals surface area contributed by atoms with Crippen LogP contribution in [-0.4, -0.2) is 41.9 Å². The Kier molecular flexibility index (Phi) is 6.64. The second-order valence-electron chi connectivity index (χ2n) is 6.03. The van der Waals surface area contributed by atoms with Crippen molar-refractivity contribution in [2.45, 2.75) is 13.0 Å². The highest BCUT2D eigenvalue weighted by Crippen LogP contribution is 2.13. The zero-order chi connectivity index (χ0) is 16.1. The molecule has 0 radical (unpaired) electrons. The molecule has 2 aromatic carbocycles. The number of hydrogen-bond acceptors (Lipinski definition) is 3. The Bertz CT molecular complexity index is 645. The number of nitrogens with zero attached hydrogens (tertiary/aromatic N) is 2. The van der Waals surface area contributed by atoms with Crippen LogP contribution in [0.4, 0.5) is 5.69 Å². The summed E-state index contributed by atoms with van der Waals surface area (Å²) < 4.78 is 0. The van der Waals surface area contributed by atoms with Crippen molar-refractivity contribution < 1.29 is 4.79 Å². The molecule has 0 saturated carbocycles. The molecule has 0 aliphatic carbocycles. The van der Waals surface area contributed by atoms with Crippen LogP contribution >= 0.6 is 12.4 Å². The van der Waals surface area contributed by atoms with Gasteiger partial charge >= 0.3 is 0 Å². The van der Waals surface area contributed by atoms with Crippen LogP contribution in [0.2, 0.25) is 0 Å². The highest BCUT2D eigenvalue weighted by atomic mass is 35.5. The minimum absolute atomic E-state index is 0. The van der Waals surface area contributed by atoms with Gasteiger partial charge in [-0.1, -0.05) is 30.3 Å². The molecule has 1 heterocycles. The maximum atomic E-state index is 12.6. The number of halogens is 1. The first-order valence-corrected chi connectivity index (χ1v) is 8.13. The van der Waals surface area contributed by atoms with Crippen molar-refractivity contribution in [1.29, 1.82) is 0 Å². The summed E-state index contributed by atoms with van der Waals surface area (Å²) in [6.45, 7) is 4.48. The summed E-state index contributed by atoms with van der Waals surface area (Å²) in [4.78, 5) is 17.0. The van der Waals surface area contributed by atoms with Gasteiger partial charge in [-0.15, -0.1) is 12.4 Å². The van der Waals surface area contributed by atoms with Gasteiger partial charge in [0.1, 0.15) is 0 Å². The van der Waals surface area contributed by atoms with Gasteiger partial charge in [0.2, 0.25) is 0 Å². The molecule has 1 fully saturated rings. The van der Waals surface area contributed by atoms with Crippen molar-refractivity contribution in [3.63, 3.8) is 0 Å². The lowest BCUT2D eigenvalue weighted by atomic mass is 10.2. The predicted molar refractivity (Wildman–Crippen MR) is 100 cm³/mol. The number of anilines is 1. The molecule has 128 valence electrons. The minimum Gasteiger partial charge on any atom is -0.399 e. The Balaban J connectivity index is 0.00000208. The molecule has 0 spiro atoms. The molecule has 0 unspecified atom stereocenters. The van der Waals surface area contributed by atoms with Crippen molar-refractivity contribution in [2.24, 2.45) is 0 Å². The maximum Gasteiger partial charge on any atom is 0.253 e. The minimum atomic E-state index is 0. The Hall–Kier alpha value is -2.04. The zero-order valence-corrected chi connectivity index (χ0v) is 14.5. The van der Waals surface area contributed by atoms with E-state index in [1.807, 2.05) is 23.1 Å². The third kappa shape index (κ3) is 4.73. The fourth-order valence-electron chi connectivity index (χ4n) is 2.98. The van der Waals surface area contributed by atoms with Crippen LogP contribution in [0.5, 0.6) is 0 Å². The third-order valence-corrected chi connectivity index (χ3v) is 4.28. The Labute approximate surface area is 149 Å². The molecule has 1 aliphatic heterocycles. The molecule has 5 heteroatoms. The summed E-state index contributed by atoms with van der Waals surface area (Å²) in [5.41, 5.74) is 8.42. The number of carbonyl (C=O) groups is 1. The van der Waals surface area contributed by atoms with Crippen molar-refractivity contribution in [1.82, 2.24) is 9.80 Å². The van der Waals surface area contributed by atoms with Crippen LogP contribution in [0.1, 0.15) is 22.3 Å². The van der Waals surface area contributed by atoms with Crippen molar-refractivity contribution in [2.75, 3.05) is 31.9 Å². The molecule has 2 aromatic rings. The highest BCUT2D eigenvalue weighted by molar-refractivity contribution is 5.94. The van der Waals surface area contributed by atoms with Crippen LogP contribution in [0.3, 0.4) is 0 Å². The van der Waals surface area contributed by atoms with Gasteiger partial charge in [-0.3, -0.25) is 9.69 Å². The van der Waals surface area contributed by atoms with Crippen molar-refractivity contribution in [3.05, 3.63) is 65.7 Å². The smallest absolute Gasteiger partial charge is 0.253 e. The fourth-order valence-corrected chi connectivity index (χ4v) is 2.98. The van der Waals surface area contributed by atoms with Crippen molar-refractivity contribution in [3.8, 4) is 0 Å². The van der Waals surface area contributed by atoms with E-state index >= 15 is 0 Å². The molecule has 4 nitrogen and oxygen atoms in total.